The third-order valence-electron chi connectivity index (χ3n) is 4.39. The van der Waals surface area contributed by atoms with E-state index in [0.29, 0.717) is 19.5 Å². The highest BCUT2D eigenvalue weighted by Gasteiger charge is 2.32. The molecule has 0 aromatic carbocycles. The lowest BCUT2D eigenvalue weighted by atomic mass is 9.97. The van der Waals surface area contributed by atoms with Gasteiger partial charge in [-0.25, -0.2) is 8.42 Å². The van der Waals surface area contributed by atoms with Crippen molar-refractivity contribution in [2.75, 3.05) is 19.6 Å². The predicted molar refractivity (Wildman–Crippen MR) is 94.4 cm³/mol. The van der Waals surface area contributed by atoms with Gasteiger partial charge in [0.05, 0.1) is 5.92 Å². The van der Waals surface area contributed by atoms with Gasteiger partial charge in [0.2, 0.25) is 10.0 Å². The molecule has 1 aromatic heterocycles. The van der Waals surface area contributed by atoms with Crippen LogP contribution in [-0.4, -0.2) is 49.3 Å². The lowest BCUT2D eigenvalue weighted by molar-refractivity contribution is -0.142. The summed E-state index contributed by atoms with van der Waals surface area (Å²) >= 11 is 0. The van der Waals surface area contributed by atoms with Crippen molar-refractivity contribution in [3.8, 4) is 0 Å². The van der Waals surface area contributed by atoms with Crippen LogP contribution in [0.2, 0.25) is 0 Å². The number of rotatable bonds is 8. The molecule has 8 nitrogen and oxygen atoms in total. The maximum Gasteiger partial charge on any atom is 0.308 e. The summed E-state index contributed by atoms with van der Waals surface area (Å²) < 4.78 is 32.0. The number of carboxylic acids is 1. The Kier molecular flexibility index (Phi) is 6.46. The van der Waals surface area contributed by atoms with Gasteiger partial charge in [0.25, 0.3) is 5.91 Å². The highest BCUT2D eigenvalue weighted by Crippen LogP contribution is 2.26. The second-order valence-electron chi connectivity index (χ2n) is 7.02. The molecule has 1 aliphatic heterocycles. The minimum Gasteiger partial charge on any atom is -0.481 e. The number of aryl methyl sites for hydroxylation is 1. The highest BCUT2D eigenvalue weighted by molar-refractivity contribution is 7.89. The van der Waals surface area contributed by atoms with E-state index in [1.54, 1.807) is 0 Å². The third-order valence-corrected chi connectivity index (χ3v) is 6.40. The lowest BCUT2D eigenvalue weighted by Gasteiger charge is -2.14. The summed E-state index contributed by atoms with van der Waals surface area (Å²) in [5.41, 5.74) is 0. The fraction of sp³-hybridized carbons (Fsp3) is 0.647. The summed E-state index contributed by atoms with van der Waals surface area (Å²) in [6.07, 6.45) is 2.06. The smallest absolute Gasteiger partial charge is 0.308 e. The van der Waals surface area contributed by atoms with Crippen LogP contribution in [-0.2, 0) is 14.8 Å². The highest BCUT2D eigenvalue weighted by atomic mass is 32.2. The average Bonchev–Trinajstić information content (AvgIpc) is 3.20. The van der Waals surface area contributed by atoms with E-state index < -0.39 is 27.8 Å². The maximum absolute atomic E-state index is 12.6. The number of amides is 1. The molecule has 1 aliphatic rings. The fourth-order valence-corrected chi connectivity index (χ4v) is 4.72. The molecule has 1 aromatic rings. The molecular formula is C17H26N2O6S. The van der Waals surface area contributed by atoms with E-state index in [1.807, 2.05) is 13.8 Å². The summed E-state index contributed by atoms with van der Waals surface area (Å²) in [6, 6.07) is 1.22. The van der Waals surface area contributed by atoms with Crippen LogP contribution in [0.1, 0.15) is 49.4 Å². The monoisotopic (exact) mass is 386 g/mol. The van der Waals surface area contributed by atoms with E-state index in [0.717, 1.165) is 12.8 Å². The Bertz CT molecular complexity index is 762. The second kappa shape index (κ2) is 8.22. The lowest BCUT2D eigenvalue weighted by Crippen LogP contribution is -2.33. The minimum atomic E-state index is -3.68. The van der Waals surface area contributed by atoms with Crippen molar-refractivity contribution >= 4 is 21.9 Å². The topological polar surface area (TPSA) is 117 Å². The molecule has 9 heteroatoms. The molecule has 2 N–H and O–H groups in total. The zero-order valence-electron chi connectivity index (χ0n) is 15.3. The number of nitrogens with zero attached hydrogens (tertiary/aromatic N) is 1. The number of carbonyl (C=O) groups excluding carboxylic acids is 1. The van der Waals surface area contributed by atoms with Crippen molar-refractivity contribution in [1.82, 2.24) is 9.62 Å². The Morgan fingerprint density at radius 3 is 2.46 bits per heavy atom. The molecule has 0 bridgehead atoms. The Labute approximate surface area is 153 Å². The molecule has 1 unspecified atom stereocenters. The molecule has 146 valence electrons. The van der Waals surface area contributed by atoms with Gasteiger partial charge in [-0.3, -0.25) is 9.59 Å². The van der Waals surface area contributed by atoms with E-state index in [1.165, 1.54) is 17.3 Å². The zero-order valence-corrected chi connectivity index (χ0v) is 16.1. The molecule has 26 heavy (non-hydrogen) atoms. The SMILES string of the molecule is Cc1oc(C(=O)NCC(CC(C)C)C(=O)O)cc1S(=O)(=O)N1CCCC1. The number of carboxylic acid groups (broad SMARTS) is 1. The average molecular weight is 386 g/mol. The molecule has 0 radical (unpaired) electrons. The summed E-state index contributed by atoms with van der Waals surface area (Å²) in [5.74, 6) is -2.11. The van der Waals surface area contributed by atoms with E-state index in [9.17, 15) is 23.1 Å². The predicted octanol–water partition coefficient (Wildman–Crippen LogP) is 1.85. The van der Waals surface area contributed by atoms with Gasteiger partial charge in [0, 0.05) is 25.7 Å². The molecule has 0 aliphatic carbocycles. The van der Waals surface area contributed by atoms with Gasteiger partial charge in [0.15, 0.2) is 5.76 Å². The first-order valence-electron chi connectivity index (χ1n) is 8.74. The van der Waals surface area contributed by atoms with Crippen LogP contribution in [0.5, 0.6) is 0 Å². The largest absolute Gasteiger partial charge is 0.481 e. The number of hydrogen-bond donors (Lipinski definition) is 2. The van der Waals surface area contributed by atoms with Gasteiger partial charge in [-0.15, -0.1) is 0 Å². The van der Waals surface area contributed by atoms with Gasteiger partial charge in [-0.1, -0.05) is 13.8 Å². The molecule has 1 fully saturated rings. The van der Waals surface area contributed by atoms with Crippen LogP contribution in [0.4, 0.5) is 0 Å². The van der Waals surface area contributed by atoms with Crippen molar-refractivity contribution in [3.63, 3.8) is 0 Å². The van der Waals surface area contributed by atoms with Crippen molar-refractivity contribution in [3.05, 3.63) is 17.6 Å². The molecule has 2 heterocycles. The molecule has 1 atom stereocenters. The Morgan fingerprint density at radius 2 is 1.92 bits per heavy atom. The quantitative estimate of drug-likeness (QED) is 0.704. The normalized spacial score (nSPS) is 16.8. The Morgan fingerprint density at radius 1 is 1.31 bits per heavy atom. The van der Waals surface area contributed by atoms with E-state index in [2.05, 4.69) is 5.32 Å². The number of aliphatic carboxylic acids is 1. The maximum atomic E-state index is 12.6. The molecule has 1 amide bonds. The van der Waals surface area contributed by atoms with E-state index in [-0.39, 0.29) is 28.9 Å². The van der Waals surface area contributed by atoms with Crippen LogP contribution in [0, 0.1) is 18.8 Å². The van der Waals surface area contributed by atoms with Gasteiger partial charge in [0.1, 0.15) is 10.7 Å². The number of hydrogen-bond acceptors (Lipinski definition) is 5. The minimum absolute atomic E-state index is 0.0125. The number of carbonyl (C=O) groups is 2. The first-order chi connectivity index (χ1) is 12.1. The Hall–Kier alpha value is -1.87. The van der Waals surface area contributed by atoms with Gasteiger partial charge < -0.3 is 14.8 Å². The first kappa shape index (κ1) is 20.4. The van der Waals surface area contributed by atoms with Gasteiger partial charge in [-0.05, 0) is 32.1 Å². The molecule has 0 saturated carbocycles. The van der Waals surface area contributed by atoms with Gasteiger partial charge >= 0.3 is 5.97 Å². The second-order valence-corrected chi connectivity index (χ2v) is 8.92. The van der Waals surface area contributed by atoms with E-state index >= 15 is 0 Å². The van der Waals surface area contributed by atoms with Crippen LogP contribution in [0.3, 0.4) is 0 Å². The summed E-state index contributed by atoms with van der Waals surface area (Å²) in [6.45, 7) is 6.19. The van der Waals surface area contributed by atoms with Crippen molar-refractivity contribution in [1.29, 1.82) is 0 Å². The summed E-state index contributed by atoms with van der Waals surface area (Å²) in [7, 11) is -3.68. The van der Waals surface area contributed by atoms with Gasteiger partial charge in [-0.2, -0.15) is 4.31 Å². The molecule has 2 rings (SSSR count). The number of furan rings is 1. The molecular weight excluding hydrogens is 360 g/mol. The first-order valence-corrected chi connectivity index (χ1v) is 10.2. The number of nitrogens with one attached hydrogen (secondary N) is 1. The summed E-state index contributed by atoms with van der Waals surface area (Å²) in [5, 5.41) is 11.7. The van der Waals surface area contributed by atoms with Crippen molar-refractivity contribution in [2.45, 2.75) is 44.9 Å². The third kappa shape index (κ3) is 4.64. The molecule has 1 saturated heterocycles. The Balaban J connectivity index is 2.10. The van der Waals surface area contributed by atoms with E-state index in [4.69, 9.17) is 4.42 Å². The number of sulfonamides is 1. The van der Waals surface area contributed by atoms with Crippen LogP contribution in [0.15, 0.2) is 15.4 Å². The van der Waals surface area contributed by atoms with Crippen molar-refractivity contribution < 1.29 is 27.5 Å². The zero-order chi connectivity index (χ0) is 19.5. The summed E-state index contributed by atoms with van der Waals surface area (Å²) in [4.78, 5) is 23.5. The standard InChI is InChI=1S/C17H26N2O6S/c1-11(2)8-13(17(21)22)10-18-16(20)14-9-15(12(3)25-14)26(23,24)19-6-4-5-7-19/h9,11,13H,4-8,10H2,1-3H3,(H,18,20)(H,21,22). The van der Waals surface area contributed by atoms with Crippen molar-refractivity contribution in [2.24, 2.45) is 11.8 Å². The van der Waals surface area contributed by atoms with Crippen LogP contribution < -0.4 is 5.32 Å². The fourth-order valence-electron chi connectivity index (χ4n) is 3.04. The van der Waals surface area contributed by atoms with Crippen LogP contribution in [0.25, 0.3) is 0 Å². The van der Waals surface area contributed by atoms with Crippen LogP contribution >= 0.6 is 0 Å². The molecule has 0 spiro atoms.